The lowest BCUT2D eigenvalue weighted by Crippen LogP contribution is -2.35. The van der Waals surface area contributed by atoms with Gasteiger partial charge in [0.1, 0.15) is 0 Å². The van der Waals surface area contributed by atoms with Gasteiger partial charge in [0.25, 0.3) is 0 Å². The Hall–Kier alpha value is -0.570. The maximum atomic E-state index is 11.1. The minimum atomic E-state index is -0.468. The maximum Gasteiger partial charge on any atom is 0.307 e. The Morgan fingerprint density at radius 2 is 2.08 bits per heavy atom. The van der Waals surface area contributed by atoms with Crippen LogP contribution in [0.15, 0.2) is 0 Å². The van der Waals surface area contributed by atoms with Crippen LogP contribution in [0.3, 0.4) is 0 Å². The van der Waals surface area contributed by atoms with Crippen LogP contribution in [0.1, 0.15) is 40.5 Å². The van der Waals surface area contributed by atoms with E-state index in [9.17, 15) is 4.79 Å². The Bertz CT molecular complexity index is 149. The van der Waals surface area contributed by atoms with E-state index in [0.717, 1.165) is 6.42 Å². The molecule has 3 nitrogen and oxygen atoms in total. The van der Waals surface area contributed by atoms with Crippen LogP contribution >= 0.6 is 0 Å². The van der Waals surface area contributed by atoms with Gasteiger partial charge in [0.15, 0.2) is 0 Å². The van der Waals surface area contributed by atoms with Crippen molar-refractivity contribution in [2.24, 2.45) is 5.73 Å². The molecule has 0 aromatic carbocycles. The standard InChI is InChI=1S/C9H19NO2/c1-5-7(2)12-8(11)6-9(3,4)10/h7H,5-6,10H2,1-4H3. The number of carbonyl (C=O) groups is 1. The molecule has 0 aromatic rings. The third kappa shape index (κ3) is 6.16. The summed E-state index contributed by atoms with van der Waals surface area (Å²) in [4.78, 5) is 11.1. The Morgan fingerprint density at radius 3 is 2.42 bits per heavy atom. The Morgan fingerprint density at radius 1 is 1.58 bits per heavy atom. The van der Waals surface area contributed by atoms with E-state index >= 15 is 0 Å². The molecule has 0 aliphatic rings. The van der Waals surface area contributed by atoms with E-state index in [1.807, 2.05) is 27.7 Å². The second-order valence-electron chi connectivity index (χ2n) is 3.87. The van der Waals surface area contributed by atoms with Crippen molar-refractivity contribution in [1.82, 2.24) is 0 Å². The van der Waals surface area contributed by atoms with E-state index in [1.165, 1.54) is 0 Å². The molecule has 0 saturated carbocycles. The molecule has 0 bridgehead atoms. The van der Waals surface area contributed by atoms with E-state index in [2.05, 4.69) is 0 Å². The molecular weight excluding hydrogens is 154 g/mol. The first-order valence-electron chi connectivity index (χ1n) is 4.33. The second kappa shape index (κ2) is 4.45. The van der Waals surface area contributed by atoms with Crippen LogP contribution in [-0.2, 0) is 9.53 Å². The monoisotopic (exact) mass is 173 g/mol. The van der Waals surface area contributed by atoms with E-state index in [4.69, 9.17) is 10.5 Å². The van der Waals surface area contributed by atoms with Gasteiger partial charge in [0.05, 0.1) is 12.5 Å². The maximum absolute atomic E-state index is 11.1. The Labute approximate surface area is 74.3 Å². The highest BCUT2D eigenvalue weighted by Crippen LogP contribution is 2.07. The van der Waals surface area contributed by atoms with Crippen molar-refractivity contribution in [3.05, 3.63) is 0 Å². The van der Waals surface area contributed by atoms with Gasteiger partial charge >= 0.3 is 5.97 Å². The summed E-state index contributed by atoms with van der Waals surface area (Å²) in [5.74, 6) is -0.211. The van der Waals surface area contributed by atoms with Crippen LogP contribution in [0.2, 0.25) is 0 Å². The smallest absolute Gasteiger partial charge is 0.307 e. The summed E-state index contributed by atoms with van der Waals surface area (Å²) in [5.41, 5.74) is 5.19. The zero-order valence-electron chi connectivity index (χ0n) is 8.39. The highest BCUT2D eigenvalue weighted by Gasteiger charge is 2.18. The molecule has 0 amide bonds. The van der Waals surface area contributed by atoms with E-state index < -0.39 is 5.54 Å². The van der Waals surface area contributed by atoms with Gasteiger partial charge in [0, 0.05) is 5.54 Å². The first kappa shape index (κ1) is 11.4. The van der Waals surface area contributed by atoms with E-state index in [0.29, 0.717) is 0 Å². The lowest BCUT2D eigenvalue weighted by atomic mass is 10.0. The SMILES string of the molecule is CCC(C)OC(=O)CC(C)(C)N. The van der Waals surface area contributed by atoms with Crippen molar-refractivity contribution in [1.29, 1.82) is 0 Å². The van der Waals surface area contributed by atoms with Crippen LogP contribution in [0.5, 0.6) is 0 Å². The molecule has 0 aliphatic carbocycles. The summed E-state index contributed by atoms with van der Waals surface area (Å²) in [6.07, 6.45) is 1.12. The van der Waals surface area contributed by atoms with Crippen LogP contribution < -0.4 is 5.73 Å². The third-order valence-electron chi connectivity index (χ3n) is 1.51. The minimum absolute atomic E-state index is 0.000139. The van der Waals surface area contributed by atoms with Gasteiger partial charge in [-0.2, -0.15) is 0 Å². The first-order chi connectivity index (χ1) is 5.35. The quantitative estimate of drug-likeness (QED) is 0.655. The van der Waals surface area contributed by atoms with Gasteiger partial charge in [-0.25, -0.2) is 0 Å². The fourth-order valence-electron chi connectivity index (χ4n) is 0.721. The number of rotatable bonds is 4. The molecule has 0 radical (unpaired) electrons. The zero-order valence-corrected chi connectivity index (χ0v) is 8.39. The van der Waals surface area contributed by atoms with Crippen molar-refractivity contribution in [2.75, 3.05) is 0 Å². The summed E-state index contributed by atoms with van der Waals surface area (Å²) >= 11 is 0. The average molecular weight is 173 g/mol. The molecule has 1 unspecified atom stereocenters. The molecular formula is C9H19NO2. The van der Waals surface area contributed by atoms with Gasteiger partial charge in [-0.05, 0) is 27.2 Å². The molecule has 0 aromatic heterocycles. The second-order valence-corrected chi connectivity index (χ2v) is 3.87. The number of nitrogens with two attached hydrogens (primary N) is 1. The Kier molecular flexibility index (Phi) is 4.24. The molecule has 0 heterocycles. The van der Waals surface area contributed by atoms with Crippen LogP contribution in [-0.4, -0.2) is 17.6 Å². The highest BCUT2D eigenvalue weighted by molar-refractivity contribution is 5.70. The molecule has 0 fully saturated rings. The summed E-state index contributed by atoms with van der Waals surface area (Å²) in [7, 11) is 0. The lowest BCUT2D eigenvalue weighted by Gasteiger charge is -2.18. The normalized spacial score (nSPS) is 14.1. The molecule has 72 valence electrons. The molecule has 1 atom stereocenters. The average Bonchev–Trinajstić information content (AvgIpc) is 1.82. The van der Waals surface area contributed by atoms with Crippen LogP contribution in [0.25, 0.3) is 0 Å². The van der Waals surface area contributed by atoms with Crippen molar-refractivity contribution < 1.29 is 9.53 Å². The molecule has 12 heavy (non-hydrogen) atoms. The molecule has 2 N–H and O–H groups in total. The fourth-order valence-corrected chi connectivity index (χ4v) is 0.721. The van der Waals surface area contributed by atoms with Crippen molar-refractivity contribution in [3.8, 4) is 0 Å². The first-order valence-corrected chi connectivity index (χ1v) is 4.33. The number of hydrogen-bond acceptors (Lipinski definition) is 3. The molecule has 0 spiro atoms. The van der Waals surface area contributed by atoms with Gasteiger partial charge in [-0.1, -0.05) is 6.92 Å². The summed E-state index contributed by atoms with van der Waals surface area (Å²) < 4.78 is 5.06. The number of esters is 1. The topological polar surface area (TPSA) is 52.3 Å². The molecule has 3 heteroatoms. The largest absolute Gasteiger partial charge is 0.463 e. The van der Waals surface area contributed by atoms with Crippen molar-refractivity contribution in [3.63, 3.8) is 0 Å². The van der Waals surface area contributed by atoms with E-state index in [-0.39, 0.29) is 18.5 Å². The minimum Gasteiger partial charge on any atom is -0.463 e. The van der Waals surface area contributed by atoms with Gasteiger partial charge in [0.2, 0.25) is 0 Å². The fraction of sp³-hybridized carbons (Fsp3) is 0.889. The van der Waals surface area contributed by atoms with Crippen molar-refractivity contribution in [2.45, 2.75) is 52.2 Å². The third-order valence-corrected chi connectivity index (χ3v) is 1.51. The van der Waals surface area contributed by atoms with Crippen molar-refractivity contribution >= 4 is 5.97 Å². The molecule has 0 aliphatic heterocycles. The van der Waals surface area contributed by atoms with Gasteiger partial charge in [-0.15, -0.1) is 0 Å². The summed E-state index contributed by atoms with van der Waals surface area (Å²) in [6, 6.07) is 0. The predicted octanol–water partition coefficient (Wildman–Crippen LogP) is 1.46. The van der Waals surface area contributed by atoms with Gasteiger partial charge < -0.3 is 10.5 Å². The molecule has 0 rings (SSSR count). The summed E-state index contributed by atoms with van der Waals surface area (Å²) in [5, 5.41) is 0. The Balaban J connectivity index is 3.75. The van der Waals surface area contributed by atoms with E-state index in [1.54, 1.807) is 0 Å². The lowest BCUT2D eigenvalue weighted by molar-refractivity contribution is -0.149. The van der Waals surface area contributed by atoms with Crippen LogP contribution in [0, 0.1) is 0 Å². The zero-order chi connectivity index (χ0) is 9.78. The number of hydrogen-bond donors (Lipinski definition) is 1. The summed E-state index contributed by atoms with van der Waals surface area (Å²) in [6.45, 7) is 7.47. The number of ether oxygens (including phenoxy) is 1. The number of carbonyl (C=O) groups excluding carboxylic acids is 1. The molecule has 0 saturated heterocycles. The van der Waals surface area contributed by atoms with Crippen LogP contribution in [0.4, 0.5) is 0 Å². The predicted molar refractivity (Wildman–Crippen MR) is 48.7 cm³/mol. The van der Waals surface area contributed by atoms with Gasteiger partial charge in [-0.3, -0.25) is 4.79 Å². The highest BCUT2D eigenvalue weighted by atomic mass is 16.5.